The van der Waals surface area contributed by atoms with Crippen LogP contribution in [0.15, 0.2) is 12.2 Å². The van der Waals surface area contributed by atoms with Gasteiger partial charge in [0.05, 0.1) is 12.2 Å². The lowest BCUT2D eigenvalue weighted by Gasteiger charge is -2.14. The minimum absolute atomic E-state index is 0.553. The molecule has 2 atom stereocenters. The maximum Gasteiger partial charge on any atom is 0.0833 e. The van der Waals surface area contributed by atoms with Gasteiger partial charge in [-0.2, -0.15) is 0 Å². The minimum Gasteiger partial charge on any atom is -0.390 e. The Morgan fingerprint density at radius 1 is 1.27 bits per heavy atom. The Morgan fingerprint density at radius 2 is 1.91 bits per heavy atom. The molecule has 0 saturated carbocycles. The highest BCUT2D eigenvalue weighted by atomic mass is 16.3. The second-order valence-electron chi connectivity index (χ2n) is 2.73. The Hall–Kier alpha value is -0.340. The molecule has 0 heterocycles. The summed E-state index contributed by atoms with van der Waals surface area (Å²) in [5.74, 6) is 0. The molecule has 0 rings (SSSR count). The fourth-order valence-corrected chi connectivity index (χ4v) is 0.921. The van der Waals surface area contributed by atoms with E-state index in [4.69, 9.17) is 0 Å². The zero-order chi connectivity index (χ0) is 8.69. The average Bonchev–Trinajstić information content (AvgIpc) is 2.00. The first-order valence-electron chi connectivity index (χ1n) is 4.19. The molecule has 0 saturated heterocycles. The van der Waals surface area contributed by atoms with Crippen LogP contribution in [0, 0.1) is 0 Å². The van der Waals surface area contributed by atoms with Gasteiger partial charge in [0.2, 0.25) is 0 Å². The summed E-state index contributed by atoms with van der Waals surface area (Å²) in [5, 5.41) is 18.5. The van der Waals surface area contributed by atoms with Crippen LogP contribution in [0.1, 0.15) is 33.1 Å². The van der Waals surface area contributed by atoms with Crippen LogP contribution in [-0.4, -0.2) is 22.4 Å². The summed E-state index contributed by atoms with van der Waals surface area (Å²) in [6.45, 7) is 3.89. The first-order valence-corrected chi connectivity index (χ1v) is 4.19. The molecule has 0 aliphatic rings. The normalized spacial score (nSPS) is 17.1. The van der Waals surface area contributed by atoms with Crippen molar-refractivity contribution in [3.05, 3.63) is 12.2 Å². The van der Waals surface area contributed by atoms with E-state index in [1.807, 2.05) is 26.0 Å². The monoisotopic (exact) mass is 158 g/mol. The lowest BCUT2D eigenvalue weighted by molar-refractivity contribution is 0.0164. The van der Waals surface area contributed by atoms with Gasteiger partial charge in [0.1, 0.15) is 0 Å². The highest BCUT2D eigenvalue weighted by Gasteiger charge is 2.12. The third-order valence-corrected chi connectivity index (χ3v) is 1.64. The molecule has 0 bridgehead atoms. The van der Waals surface area contributed by atoms with E-state index in [0.717, 1.165) is 6.42 Å². The molecule has 66 valence electrons. The predicted molar refractivity (Wildman–Crippen MR) is 46.4 cm³/mol. The Morgan fingerprint density at radius 3 is 2.36 bits per heavy atom. The SMILES string of the molecule is C/C=C/CC(O)C(O)CCC. The fraction of sp³-hybridized carbons (Fsp3) is 0.778. The smallest absolute Gasteiger partial charge is 0.0833 e. The number of aliphatic hydroxyl groups is 2. The Kier molecular flexibility index (Phi) is 6.18. The fourth-order valence-electron chi connectivity index (χ4n) is 0.921. The second kappa shape index (κ2) is 6.38. The predicted octanol–water partition coefficient (Wildman–Crippen LogP) is 1.47. The van der Waals surface area contributed by atoms with Gasteiger partial charge in [-0.3, -0.25) is 0 Å². The Labute approximate surface area is 68.6 Å². The number of allylic oxidation sites excluding steroid dienone is 1. The molecule has 0 radical (unpaired) electrons. The zero-order valence-corrected chi connectivity index (χ0v) is 7.33. The first-order chi connectivity index (χ1) is 5.22. The van der Waals surface area contributed by atoms with Crippen LogP contribution in [0.4, 0.5) is 0 Å². The van der Waals surface area contributed by atoms with Crippen molar-refractivity contribution in [2.45, 2.75) is 45.3 Å². The van der Waals surface area contributed by atoms with Crippen molar-refractivity contribution in [3.8, 4) is 0 Å². The van der Waals surface area contributed by atoms with Crippen molar-refractivity contribution in [2.75, 3.05) is 0 Å². The third kappa shape index (κ3) is 4.99. The molecule has 0 fully saturated rings. The van der Waals surface area contributed by atoms with Gasteiger partial charge in [-0.25, -0.2) is 0 Å². The molecule has 2 N–H and O–H groups in total. The van der Waals surface area contributed by atoms with Crippen LogP contribution >= 0.6 is 0 Å². The van der Waals surface area contributed by atoms with E-state index in [1.54, 1.807) is 0 Å². The zero-order valence-electron chi connectivity index (χ0n) is 7.33. The van der Waals surface area contributed by atoms with Gasteiger partial charge >= 0.3 is 0 Å². The summed E-state index contributed by atoms with van der Waals surface area (Å²) >= 11 is 0. The lowest BCUT2D eigenvalue weighted by atomic mass is 10.1. The van der Waals surface area contributed by atoms with Crippen LogP contribution in [0.5, 0.6) is 0 Å². The third-order valence-electron chi connectivity index (χ3n) is 1.64. The van der Waals surface area contributed by atoms with Crippen molar-refractivity contribution in [1.29, 1.82) is 0 Å². The first kappa shape index (κ1) is 10.7. The van der Waals surface area contributed by atoms with Gasteiger partial charge in [-0.1, -0.05) is 25.5 Å². The number of rotatable bonds is 5. The molecule has 0 aromatic heterocycles. The van der Waals surface area contributed by atoms with Crippen LogP contribution < -0.4 is 0 Å². The molecule has 2 nitrogen and oxygen atoms in total. The highest BCUT2D eigenvalue weighted by molar-refractivity contribution is 4.82. The van der Waals surface area contributed by atoms with E-state index >= 15 is 0 Å². The summed E-state index contributed by atoms with van der Waals surface area (Å²) in [7, 11) is 0. The number of aliphatic hydroxyl groups excluding tert-OH is 2. The molecular weight excluding hydrogens is 140 g/mol. The van der Waals surface area contributed by atoms with E-state index < -0.39 is 12.2 Å². The van der Waals surface area contributed by atoms with Gasteiger partial charge in [0.15, 0.2) is 0 Å². The molecule has 2 heteroatoms. The van der Waals surface area contributed by atoms with Gasteiger partial charge in [0, 0.05) is 0 Å². The molecule has 2 unspecified atom stereocenters. The Balaban J connectivity index is 3.54. The summed E-state index contributed by atoms with van der Waals surface area (Å²) in [6.07, 6.45) is 4.73. The van der Waals surface area contributed by atoms with E-state index in [-0.39, 0.29) is 0 Å². The van der Waals surface area contributed by atoms with Gasteiger partial charge in [0.25, 0.3) is 0 Å². The molecule has 11 heavy (non-hydrogen) atoms. The van der Waals surface area contributed by atoms with E-state index in [0.29, 0.717) is 12.8 Å². The van der Waals surface area contributed by atoms with Gasteiger partial charge < -0.3 is 10.2 Å². The summed E-state index contributed by atoms with van der Waals surface area (Å²) < 4.78 is 0. The van der Waals surface area contributed by atoms with Crippen molar-refractivity contribution in [2.24, 2.45) is 0 Å². The molecule has 0 aromatic carbocycles. The topological polar surface area (TPSA) is 40.5 Å². The highest BCUT2D eigenvalue weighted by Crippen LogP contribution is 2.05. The molecule has 0 aliphatic carbocycles. The maximum absolute atomic E-state index is 9.28. The van der Waals surface area contributed by atoms with E-state index in [9.17, 15) is 10.2 Å². The van der Waals surface area contributed by atoms with Crippen LogP contribution in [0.25, 0.3) is 0 Å². The average molecular weight is 158 g/mol. The van der Waals surface area contributed by atoms with Crippen LogP contribution in [0.2, 0.25) is 0 Å². The van der Waals surface area contributed by atoms with Crippen molar-refractivity contribution >= 4 is 0 Å². The number of hydrogen-bond acceptors (Lipinski definition) is 2. The molecule has 0 aliphatic heterocycles. The lowest BCUT2D eigenvalue weighted by Crippen LogP contribution is -2.24. The Bertz CT molecular complexity index is 110. The molecular formula is C9H18O2. The maximum atomic E-state index is 9.28. The minimum atomic E-state index is -0.592. The van der Waals surface area contributed by atoms with Crippen molar-refractivity contribution in [1.82, 2.24) is 0 Å². The summed E-state index contributed by atoms with van der Waals surface area (Å²) in [4.78, 5) is 0. The van der Waals surface area contributed by atoms with E-state index in [2.05, 4.69) is 0 Å². The van der Waals surface area contributed by atoms with Gasteiger partial charge in [-0.15, -0.1) is 0 Å². The van der Waals surface area contributed by atoms with Gasteiger partial charge in [-0.05, 0) is 19.8 Å². The van der Waals surface area contributed by atoms with Crippen molar-refractivity contribution in [3.63, 3.8) is 0 Å². The summed E-state index contributed by atoms with van der Waals surface area (Å²) in [6, 6.07) is 0. The van der Waals surface area contributed by atoms with Crippen LogP contribution in [-0.2, 0) is 0 Å². The van der Waals surface area contributed by atoms with Crippen LogP contribution in [0.3, 0.4) is 0 Å². The molecule has 0 spiro atoms. The molecule has 0 aromatic rings. The second-order valence-corrected chi connectivity index (χ2v) is 2.73. The standard InChI is InChI=1S/C9H18O2/c1-3-5-7-9(11)8(10)6-4-2/h3,5,8-11H,4,6-7H2,1-2H3/b5-3+. The van der Waals surface area contributed by atoms with E-state index in [1.165, 1.54) is 0 Å². The quantitative estimate of drug-likeness (QED) is 0.595. The van der Waals surface area contributed by atoms with Crippen molar-refractivity contribution < 1.29 is 10.2 Å². The summed E-state index contributed by atoms with van der Waals surface area (Å²) in [5.41, 5.74) is 0. The largest absolute Gasteiger partial charge is 0.390 e. The molecule has 0 amide bonds. The number of hydrogen-bond donors (Lipinski definition) is 2.